The van der Waals surface area contributed by atoms with Crippen LogP contribution in [0.2, 0.25) is 0 Å². The lowest BCUT2D eigenvalue weighted by molar-refractivity contribution is -0.144. The van der Waals surface area contributed by atoms with Gasteiger partial charge < -0.3 is 88.4 Å². The highest BCUT2D eigenvalue weighted by Gasteiger charge is 2.42. The number of hydrogen-bond acceptors (Lipinski definition) is 20. The standard InChI is InChI=1S/C71H76F2N10O23S2/c1-34(9-8-21-75-56(86)18-17-46(69(102)103)82-71(107)76-22-20-37(67(98)99)14-19-58(88)89)61(92)78-48(24-36-12-6-3-7-13-36)64(95)80-47(23-35-10-4-2-5-11-35)63(94)77-32-45(74)62(93)79-49(28-59(90)91)65(96)81-50(70(104)105)33-108-55-31-57(87)83(66(55)97)38-15-16-39(40(25-38)68(100)101)60-41-26-43(72)51(84)29-53(41)106-54-30-52(85)44(73)27-42(54)60/h2-7,10-13,15-16,25-27,29-30,34,37,45-50,55,84H,8-9,14,17-24,28,31-33,74H2,1H3,(H,75,86)(H,77,94)(H,78,92)(H,79,93)(H,80,95)(H,81,96)(H,88,89)(H,90,91)(H,98,99)(H,100,101)(H,102,103)(H,104,105)(H2,76,82,107)/t34?,37?,45-,46-,47-,48-,49-,50-,55?/m0/s1. The summed E-state index contributed by atoms with van der Waals surface area (Å²) in [6, 6.07) is 13.4. The Kier molecular flexibility index (Phi) is 30.0. The van der Waals surface area contributed by atoms with Gasteiger partial charge in [-0.25, -0.2) is 28.1 Å². The van der Waals surface area contributed by atoms with E-state index in [2.05, 4.69) is 42.5 Å². The first-order valence-electron chi connectivity index (χ1n) is 33.4. The Morgan fingerprint density at radius 3 is 1.83 bits per heavy atom. The van der Waals surface area contributed by atoms with Crippen molar-refractivity contribution in [2.24, 2.45) is 17.6 Å². The Morgan fingerprint density at radius 2 is 1.22 bits per heavy atom. The number of phenols is 1. The van der Waals surface area contributed by atoms with Gasteiger partial charge in [-0.3, -0.25) is 57.5 Å². The molecule has 108 heavy (non-hydrogen) atoms. The number of carboxylic acid groups (broad SMARTS) is 6. The van der Waals surface area contributed by atoms with Crippen molar-refractivity contribution in [3.8, 4) is 28.2 Å². The minimum absolute atomic E-state index is 0.000880. The molecule has 3 unspecified atom stereocenters. The summed E-state index contributed by atoms with van der Waals surface area (Å²) in [6.45, 7) is 0.921. The highest BCUT2D eigenvalue weighted by molar-refractivity contribution is 8.00. The van der Waals surface area contributed by atoms with Crippen LogP contribution in [0.1, 0.15) is 86.2 Å². The molecular weight excluding hydrogens is 1460 g/mol. The molecule has 0 aromatic heterocycles. The number of aliphatic carboxylic acids is 5. The van der Waals surface area contributed by atoms with Crippen LogP contribution in [0.15, 0.2) is 112 Å². The Labute approximate surface area is 621 Å². The molecule has 17 N–H and O–H groups in total. The quantitative estimate of drug-likeness (QED) is 0.0113. The maximum absolute atomic E-state index is 14.9. The van der Waals surface area contributed by atoms with E-state index in [1.165, 1.54) is 0 Å². The minimum Gasteiger partial charge on any atom is -0.505 e. The summed E-state index contributed by atoms with van der Waals surface area (Å²) in [5.74, 6) is -22.1. The Hall–Kier alpha value is -12.0. The van der Waals surface area contributed by atoms with E-state index < -0.39 is 190 Å². The van der Waals surface area contributed by atoms with Crippen molar-refractivity contribution >= 4 is 129 Å². The molecule has 4 aromatic carbocycles. The number of fused-ring (bicyclic) bond motifs is 2. The number of benzene rings is 5. The van der Waals surface area contributed by atoms with E-state index in [1.807, 2.05) is 0 Å². The molecule has 574 valence electrons. The van der Waals surface area contributed by atoms with Gasteiger partial charge in [-0.1, -0.05) is 73.7 Å². The lowest BCUT2D eigenvalue weighted by atomic mass is 9.90. The smallest absolute Gasteiger partial charge is 0.336 e. The number of carbonyl (C=O) groups is 14. The van der Waals surface area contributed by atoms with Crippen molar-refractivity contribution < 1.29 is 116 Å². The molecule has 2 aliphatic heterocycles. The third-order valence-corrected chi connectivity index (χ3v) is 18.7. The SMILES string of the molecule is CC(CCCNC(=O)CC[C@H](NC(=S)NCCC(CCC(=O)O)C(=O)O)C(=O)O)C(=O)N[C@@H](Cc1ccccc1)C(=O)N[C@@H](Cc1ccccc1)C(=O)NC[C@H](N)C(=O)N[C@@H](CC(=O)O)C(=O)N[C@@H](CSC1CC(=O)N(c2ccc(-c3c4cc(F)c(=O)cc-4oc4cc(O)c(F)cc34)c(C(=O)O)c2)C1=O)C(=O)O. The van der Waals surface area contributed by atoms with Crippen LogP contribution in [0.5, 0.6) is 5.75 Å². The molecule has 37 heteroatoms. The third-order valence-electron chi connectivity index (χ3n) is 17.1. The second kappa shape index (κ2) is 38.9. The van der Waals surface area contributed by atoms with Crippen molar-refractivity contribution in [2.45, 2.75) is 119 Å². The zero-order chi connectivity index (χ0) is 79.2. The van der Waals surface area contributed by atoms with E-state index in [9.17, 15) is 111 Å². The van der Waals surface area contributed by atoms with E-state index in [0.29, 0.717) is 27.8 Å². The molecule has 9 atom stereocenters. The van der Waals surface area contributed by atoms with E-state index in [4.69, 9.17) is 27.5 Å². The minimum atomic E-state index is -2.03. The molecule has 4 aromatic rings. The fraction of sp³-hybridized carbons (Fsp3) is 0.352. The summed E-state index contributed by atoms with van der Waals surface area (Å²) in [6.07, 6.45) is -2.49. The number of amides is 8. The number of anilines is 1. The van der Waals surface area contributed by atoms with Crippen LogP contribution in [-0.2, 0) is 75.2 Å². The Bertz CT molecular complexity index is 4460. The number of imide groups is 1. The van der Waals surface area contributed by atoms with Gasteiger partial charge in [0.1, 0.15) is 47.6 Å². The number of thiocarbonyl (C=S) groups is 1. The first-order valence-corrected chi connectivity index (χ1v) is 34.9. The van der Waals surface area contributed by atoms with Crippen molar-refractivity contribution in [1.29, 1.82) is 0 Å². The van der Waals surface area contributed by atoms with Crippen molar-refractivity contribution in [1.82, 2.24) is 42.5 Å². The topological polar surface area (TPSA) is 536 Å². The van der Waals surface area contributed by atoms with Crippen LogP contribution in [-0.4, -0.2) is 191 Å². The van der Waals surface area contributed by atoms with E-state index >= 15 is 0 Å². The molecule has 33 nitrogen and oxygen atoms in total. The van der Waals surface area contributed by atoms with Crippen molar-refractivity contribution in [3.05, 3.63) is 142 Å². The normalized spacial score (nSPS) is 14.9. The van der Waals surface area contributed by atoms with Gasteiger partial charge in [0.2, 0.25) is 52.7 Å². The lowest BCUT2D eigenvalue weighted by Crippen LogP contribution is -2.59. The first kappa shape index (κ1) is 83.3. The highest BCUT2D eigenvalue weighted by Crippen LogP contribution is 2.44. The van der Waals surface area contributed by atoms with Crippen LogP contribution in [0, 0.1) is 23.5 Å². The van der Waals surface area contributed by atoms with Crippen LogP contribution >= 0.6 is 24.0 Å². The van der Waals surface area contributed by atoms with Gasteiger partial charge in [0.15, 0.2) is 22.5 Å². The van der Waals surface area contributed by atoms with Gasteiger partial charge in [0.25, 0.3) is 0 Å². The molecule has 7 rings (SSSR count). The van der Waals surface area contributed by atoms with Crippen LogP contribution < -0.4 is 58.6 Å². The summed E-state index contributed by atoms with van der Waals surface area (Å²) in [4.78, 5) is 195. The van der Waals surface area contributed by atoms with Gasteiger partial charge >= 0.3 is 35.8 Å². The van der Waals surface area contributed by atoms with Gasteiger partial charge in [-0.2, -0.15) is 0 Å². The average Bonchev–Trinajstić information content (AvgIpc) is 0.880. The molecular formula is C71H76F2N10O23S2. The number of carbonyl (C=O) groups excluding carboxylic acids is 8. The summed E-state index contributed by atoms with van der Waals surface area (Å²) in [5, 5.41) is 86.9. The van der Waals surface area contributed by atoms with Crippen LogP contribution in [0.3, 0.4) is 0 Å². The monoisotopic (exact) mass is 1540 g/mol. The van der Waals surface area contributed by atoms with Gasteiger partial charge in [0.05, 0.1) is 28.8 Å². The summed E-state index contributed by atoms with van der Waals surface area (Å²) in [7, 11) is 0. The molecule has 0 bridgehead atoms. The maximum Gasteiger partial charge on any atom is 0.336 e. The van der Waals surface area contributed by atoms with E-state index in [1.54, 1.807) is 67.6 Å². The first-order chi connectivity index (χ1) is 51.2. The molecule has 2 heterocycles. The zero-order valence-electron chi connectivity index (χ0n) is 57.4. The van der Waals surface area contributed by atoms with Gasteiger partial charge in [-0.05, 0) is 85.3 Å². The van der Waals surface area contributed by atoms with E-state index in [-0.39, 0.29) is 115 Å². The second-order valence-corrected chi connectivity index (χ2v) is 26.7. The lowest BCUT2D eigenvalue weighted by Gasteiger charge is -2.25. The number of phenolic OH excluding ortho intramolecular Hbond substituents is 1. The van der Waals surface area contributed by atoms with Gasteiger partial charge in [-0.15, -0.1) is 11.8 Å². The number of carboxylic acids is 6. The number of halogens is 2. The third kappa shape index (κ3) is 23.5. The van der Waals surface area contributed by atoms with Crippen molar-refractivity contribution in [2.75, 3.05) is 30.3 Å². The fourth-order valence-corrected chi connectivity index (χ4v) is 12.8. The highest BCUT2D eigenvalue weighted by atomic mass is 32.2. The predicted octanol–water partition coefficient (Wildman–Crippen LogP) is 2.23. The number of hydrogen-bond donors (Lipinski definition) is 16. The number of nitrogens with two attached hydrogens (primary N) is 1. The van der Waals surface area contributed by atoms with Crippen molar-refractivity contribution in [3.63, 3.8) is 0 Å². The Balaban J connectivity index is 0.932. The number of thioether (sulfide) groups is 1. The Morgan fingerprint density at radius 1 is 0.611 bits per heavy atom. The molecule has 0 radical (unpaired) electrons. The molecule has 1 saturated heterocycles. The number of aromatic hydroxyl groups is 1. The molecule has 1 fully saturated rings. The molecule has 3 aliphatic rings. The predicted molar refractivity (Wildman–Crippen MR) is 384 cm³/mol. The summed E-state index contributed by atoms with van der Waals surface area (Å²) in [5.41, 5.74) is 4.40. The molecule has 8 amide bonds. The van der Waals surface area contributed by atoms with Crippen LogP contribution in [0.4, 0.5) is 14.5 Å². The number of aromatic carboxylic acids is 1. The molecule has 1 aliphatic carbocycles. The fourth-order valence-electron chi connectivity index (χ4n) is 11.4. The molecule has 0 saturated carbocycles. The molecule has 0 spiro atoms. The number of nitrogens with zero attached hydrogens (tertiary/aromatic N) is 1. The average molecular weight is 1540 g/mol. The van der Waals surface area contributed by atoms with Gasteiger partial charge in [0, 0.05) is 92.1 Å². The second-order valence-electron chi connectivity index (χ2n) is 25.1. The van der Waals surface area contributed by atoms with E-state index in [0.717, 1.165) is 42.5 Å². The summed E-state index contributed by atoms with van der Waals surface area (Å²) >= 11 is 5.71. The largest absolute Gasteiger partial charge is 0.505 e. The number of rotatable bonds is 40. The zero-order valence-corrected chi connectivity index (χ0v) is 59.0. The summed E-state index contributed by atoms with van der Waals surface area (Å²) < 4.78 is 35.3. The number of nitrogens with one attached hydrogen (secondary N) is 8. The van der Waals surface area contributed by atoms with Crippen LogP contribution in [0.25, 0.3) is 33.4 Å². The maximum atomic E-state index is 14.9.